The molecule has 1 N–H and O–H groups in total. The van der Waals surface area contributed by atoms with E-state index in [1.807, 2.05) is 6.07 Å². The fraction of sp³-hybridized carbons (Fsp3) is 0.333. The Kier molecular flexibility index (Phi) is 3.75. The van der Waals surface area contributed by atoms with Gasteiger partial charge < -0.3 is 10.1 Å². The Hall–Kier alpha value is -1.80. The van der Waals surface area contributed by atoms with Crippen LogP contribution in [0, 0.1) is 6.92 Å². The van der Waals surface area contributed by atoms with Crippen molar-refractivity contribution in [1.82, 2.24) is 5.32 Å². The van der Waals surface area contributed by atoms with E-state index in [2.05, 4.69) is 61.6 Å². The van der Waals surface area contributed by atoms with Crippen molar-refractivity contribution in [2.75, 3.05) is 6.54 Å². The van der Waals surface area contributed by atoms with Crippen molar-refractivity contribution in [1.29, 1.82) is 0 Å². The lowest BCUT2D eigenvalue weighted by Gasteiger charge is -2.18. The second kappa shape index (κ2) is 5.68. The molecule has 20 heavy (non-hydrogen) atoms. The molecule has 104 valence electrons. The molecule has 2 aromatic carbocycles. The van der Waals surface area contributed by atoms with Gasteiger partial charge in [-0.15, -0.1) is 0 Å². The Balaban J connectivity index is 1.56. The van der Waals surface area contributed by atoms with Crippen molar-refractivity contribution < 1.29 is 4.74 Å². The van der Waals surface area contributed by atoms with Gasteiger partial charge in [-0.25, -0.2) is 0 Å². The van der Waals surface area contributed by atoms with Crippen molar-refractivity contribution in [2.45, 2.75) is 32.4 Å². The number of aryl methyl sites for hydroxylation is 1. The highest BCUT2D eigenvalue weighted by Gasteiger charge is 2.22. The maximum atomic E-state index is 5.95. The molecule has 1 aliphatic heterocycles. The van der Waals surface area contributed by atoms with E-state index in [4.69, 9.17) is 4.74 Å². The molecule has 1 heterocycles. The largest absolute Gasteiger partial charge is 0.488 e. The van der Waals surface area contributed by atoms with Gasteiger partial charge in [0.2, 0.25) is 0 Å². The number of rotatable bonds is 4. The highest BCUT2D eigenvalue weighted by atomic mass is 16.5. The van der Waals surface area contributed by atoms with Gasteiger partial charge in [0.05, 0.1) is 0 Å². The monoisotopic (exact) mass is 267 g/mol. The molecule has 0 bridgehead atoms. The summed E-state index contributed by atoms with van der Waals surface area (Å²) in [6.45, 7) is 5.22. The topological polar surface area (TPSA) is 21.3 Å². The third-order valence-corrected chi connectivity index (χ3v) is 3.91. The molecule has 0 aliphatic carbocycles. The van der Waals surface area contributed by atoms with Crippen LogP contribution in [-0.2, 0) is 6.42 Å². The quantitative estimate of drug-likeness (QED) is 0.913. The lowest BCUT2D eigenvalue weighted by molar-refractivity contribution is 0.222. The van der Waals surface area contributed by atoms with Gasteiger partial charge in [-0.1, -0.05) is 48.0 Å². The Morgan fingerprint density at radius 3 is 2.85 bits per heavy atom. The van der Waals surface area contributed by atoms with E-state index in [1.165, 1.54) is 16.7 Å². The zero-order valence-electron chi connectivity index (χ0n) is 12.1. The van der Waals surface area contributed by atoms with E-state index in [-0.39, 0.29) is 6.10 Å². The molecule has 0 fully saturated rings. The highest BCUT2D eigenvalue weighted by molar-refractivity contribution is 5.37. The van der Waals surface area contributed by atoms with Crippen molar-refractivity contribution in [2.24, 2.45) is 0 Å². The van der Waals surface area contributed by atoms with Crippen LogP contribution in [0.5, 0.6) is 5.75 Å². The predicted molar refractivity (Wildman–Crippen MR) is 82.2 cm³/mol. The fourth-order valence-electron chi connectivity index (χ4n) is 2.73. The zero-order chi connectivity index (χ0) is 13.9. The smallest absolute Gasteiger partial charge is 0.123 e. The minimum Gasteiger partial charge on any atom is -0.488 e. The van der Waals surface area contributed by atoms with Crippen LogP contribution in [0.2, 0.25) is 0 Å². The van der Waals surface area contributed by atoms with Crippen molar-refractivity contribution >= 4 is 0 Å². The van der Waals surface area contributed by atoms with E-state index >= 15 is 0 Å². The maximum Gasteiger partial charge on any atom is 0.123 e. The number of para-hydroxylation sites is 1. The summed E-state index contributed by atoms with van der Waals surface area (Å²) in [5.41, 5.74) is 3.96. The molecule has 0 saturated heterocycles. The number of ether oxygens (including phenoxy) is 1. The van der Waals surface area contributed by atoms with Crippen LogP contribution < -0.4 is 10.1 Å². The summed E-state index contributed by atoms with van der Waals surface area (Å²) in [5.74, 6) is 1.04. The summed E-state index contributed by atoms with van der Waals surface area (Å²) in [5, 5.41) is 3.58. The molecule has 2 atom stereocenters. The summed E-state index contributed by atoms with van der Waals surface area (Å²) in [6, 6.07) is 17.3. The second-order valence-corrected chi connectivity index (χ2v) is 5.60. The maximum absolute atomic E-state index is 5.95. The Bertz CT molecular complexity index is 568. The predicted octanol–water partition coefficient (Wildman–Crippen LogP) is 3.65. The molecule has 0 amide bonds. The minimum atomic E-state index is 0.250. The number of benzene rings is 2. The Labute approximate surface area is 120 Å². The number of hydrogen-bond donors (Lipinski definition) is 1. The molecule has 0 aromatic heterocycles. The molecular formula is C18H21NO. The average molecular weight is 267 g/mol. The normalized spacial score (nSPS) is 18.4. The van der Waals surface area contributed by atoms with Crippen LogP contribution in [-0.4, -0.2) is 12.6 Å². The third-order valence-electron chi connectivity index (χ3n) is 3.91. The van der Waals surface area contributed by atoms with Gasteiger partial charge in [0.25, 0.3) is 0 Å². The van der Waals surface area contributed by atoms with Crippen molar-refractivity contribution in [3.8, 4) is 5.75 Å². The van der Waals surface area contributed by atoms with Crippen LogP contribution in [0.15, 0.2) is 48.5 Å². The summed E-state index contributed by atoms with van der Waals surface area (Å²) in [7, 11) is 0. The van der Waals surface area contributed by atoms with E-state index in [1.54, 1.807) is 0 Å². The van der Waals surface area contributed by atoms with Crippen LogP contribution in [0.1, 0.15) is 29.7 Å². The first-order chi connectivity index (χ1) is 9.72. The van der Waals surface area contributed by atoms with Crippen LogP contribution >= 0.6 is 0 Å². The second-order valence-electron chi connectivity index (χ2n) is 5.60. The summed E-state index contributed by atoms with van der Waals surface area (Å²) >= 11 is 0. The zero-order valence-corrected chi connectivity index (χ0v) is 12.1. The first-order valence-electron chi connectivity index (χ1n) is 7.27. The van der Waals surface area contributed by atoms with Gasteiger partial charge in [-0.2, -0.15) is 0 Å². The van der Waals surface area contributed by atoms with E-state index in [9.17, 15) is 0 Å². The molecule has 0 radical (unpaired) electrons. The van der Waals surface area contributed by atoms with Gasteiger partial charge in [-0.05, 0) is 31.0 Å². The molecule has 3 rings (SSSR count). The lowest BCUT2D eigenvalue weighted by atomic mass is 10.1. The van der Waals surface area contributed by atoms with Gasteiger partial charge >= 0.3 is 0 Å². The van der Waals surface area contributed by atoms with E-state index in [0.717, 1.165) is 18.7 Å². The summed E-state index contributed by atoms with van der Waals surface area (Å²) in [6.07, 6.45) is 1.25. The molecule has 2 heteroatoms. The third kappa shape index (κ3) is 2.86. The van der Waals surface area contributed by atoms with Gasteiger partial charge in [0.15, 0.2) is 0 Å². The molecule has 1 unspecified atom stereocenters. The number of fused-ring (bicyclic) bond motifs is 1. The Morgan fingerprint density at radius 1 is 1.20 bits per heavy atom. The molecule has 0 spiro atoms. The van der Waals surface area contributed by atoms with Crippen LogP contribution in [0.4, 0.5) is 0 Å². The van der Waals surface area contributed by atoms with Gasteiger partial charge in [-0.3, -0.25) is 0 Å². The standard InChI is InChI=1S/C18H21NO/c1-13-6-5-8-15(10-13)14(2)19-12-17-11-16-7-3-4-9-18(16)20-17/h3-10,14,17,19H,11-12H2,1-2H3/t14-,17?/m0/s1. The number of nitrogens with one attached hydrogen (secondary N) is 1. The first-order valence-corrected chi connectivity index (χ1v) is 7.27. The number of hydrogen-bond acceptors (Lipinski definition) is 2. The van der Waals surface area contributed by atoms with Crippen LogP contribution in [0.3, 0.4) is 0 Å². The highest BCUT2D eigenvalue weighted by Crippen LogP contribution is 2.28. The molecule has 0 saturated carbocycles. The van der Waals surface area contributed by atoms with E-state index in [0.29, 0.717) is 6.04 Å². The van der Waals surface area contributed by atoms with Gasteiger partial charge in [0.1, 0.15) is 11.9 Å². The first kappa shape index (κ1) is 13.2. The molecular weight excluding hydrogens is 246 g/mol. The minimum absolute atomic E-state index is 0.250. The fourth-order valence-corrected chi connectivity index (χ4v) is 2.73. The van der Waals surface area contributed by atoms with Crippen molar-refractivity contribution in [3.63, 3.8) is 0 Å². The van der Waals surface area contributed by atoms with E-state index < -0.39 is 0 Å². The molecule has 1 aliphatic rings. The van der Waals surface area contributed by atoms with Crippen LogP contribution in [0.25, 0.3) is 0 Å². The SMILES string of the molecule is Cc1cccc([C@H](C)NCC2Cc3ccccc3O2)c1. The lowest BCUT2D eigenvalue weighted by Crippen LogP contribution is -2.31. The average Bonchev–Trinajstić information content (AvgIpc) is 2.87. The summed E-state index contributed by atoms with van der Waals surface area (Å²) < 4.78 is 5.95. The molecule has 2 nitrogen and oxygen atoms in total. The molecule has 2 aromatic rings. The Morgan fingerprint density at radius 2 is 2.05 bits per heavy atom. The van der Waals surface area contributed by atoms with Crippen molar-refractivity contribution in [3.05, 3.63) is 65.2 Å². The summed E-state index contributed by atoms with van der Waals surface area (Å²) in [4.78, 5) is 0. The van der Waals surface area contributed by atoms with Gasteiger partial charge in [0, 0.05) is 19.0 Å².